The van der Waals surface area contributed by atoms with Gasteiger partial charge in [0.1, 0.15) is 17.2 Å². The van der Waals surface area contributed by atoms with E-state index in [1.165, 1.54) is 0 Å². The number of ether oxygens (including phenoxy) is 3. The van der Waals surface area contributed by atoms with Gasteiger partial charge in [0.2, 0.25) is 5.91 Å². The Balaban J connectivity index is 1.51. The highest BCUT2D eigenvalue weighted by Gasteiger charge is 2.29. The molecule has 27 heavy (non-hydrogen) atoms. The van der Waals surface area contributed by atoms with E-state index in [0.717, 1.165) is 5.56 Å². The number of hydrogen-bond donors (Lipinski definition) is 2. The summed E-state index contributed by atoms with van der Waals surface area (Å²) in [7, 11) is 3.18. The van der Waals surface area contributed by atoms with E-state index >= 15 is 0 Å². The van der Waals surface area contributed by atoms with Gasteiger partial charge >= 0.3 is 0 Å². The molecule has 7 nitrogen and oxygen atoms in total. The van der Waals surface area contributed by atoms with Crippen molar-refractivity contribution in [1.29, 1.82) is 0 Å². The average molecular weight is 370 g/mol. The molecule has 1 aliphatic heterocycles. The van der Waals surface area contributed by atoms with Gasteiger partial charge in [0.15, 0.2) is 6.10 Å². The van der Waals surface area contributed by atoms with Crippen molar-refractivity contribution >= 4 is 17.5 Å². The van der Waals surface area contributed by atoms with Crippen LogP contribution in [0.2, 0.25) is 0 Å². The van der Waals surface area contributed by atoms with Gasteiger partial charge in [-0.3, -0.25) is 9.59 Å². The molecule has 1 atom stereocenters. The minimum atomic E-state index is -0.838. The van der Waals surface area contributed by atoms with Crippen molar-refractivity contribution in [1.82, 2.24) is 5.32 Å². The molecule has 2 N–H and O–H groups in total. The van der Waals surface area contributed by atoms with Crippen LogP contribution in [0.1, 0.15) is 12.0 Å². The minimum absolute atomic E-state index is 0.0418. The zero-order valence-corrected chi connectivity index (χ0v) is 15.3. The number of fused-ring (bicyclic) bond motifs is 1. The van der Waals surface area contributed by atoms with Crippen LogP contribution in [0.3, 0.4) is 0 Å². The van der Waals surface area contributed by atoms with E-state index in [1.54, 1.807) is 32.4 Å². The van der Waals surface area contributed by atoms with Gasteiger partial charge in [0, 0.05) is 12.6 Å². The molecule has 0 radical (unpaired) electrons. The first-order chi connectivity index (χ1) is 13.1. The standard InChI is InChI=1S/C20H22N2O5/c1-25-14-8-7-13(17(11-14)26-2)9-10-21-19(23)12-18-20(24)22-15-5-3-4-6-16(15)27-18/h3-8,11,18H,9-10,12H2,1-2H3,(H,21,23)(H,22,24). The number of anilines is 1. The zero-order valence-electron chi connectivity index (χ0n) is 15.3. The molecule has 0 saturated heterocycles. The molecular formula is C20H22N2O5. The van der Waals surface area contributed by atoms with Gasteiger partial charge in [0.05, 0.1) is 26.3 Å². The van der Waals surface area contributed by atoms with Crippen LogP contribution in [0.5, 0.6) is 17.2 Å². The van der Waals surface area contributed by atoms with E-state index in [-0.39, 0.29) is 18.2 Å². The first-order valence-electron chi connectivity index (χ1n) is 8.65. The van der Waals surface area contributed by atoms with Crippen molar-refractivity contribution in [2.75, 3.05) is 26.1 Å². The van der Waals surface area contributed by atoms with Crippen LogP contribution >= 0.6 is 0 Å². The molecule has 2 aromatic carbocycles. The Morgan fingerprint density at radius 3 is 2.78 bits per heavy atom. The van der Waals surface area contributed by atoms with Gasteiger partial charge < -0.3 is 24.8 Å². The second-order valence-corrected chi connectivity index (χ2v) is 6.07. The van der Waals surface area contributed by atoms with E-state index in [2.05, 4.69) is 10.6 Å². The SMILES string of the molecule is COc1ccc(CCNC(=O)CC2Oc3ccccc3NC2=O)c(OC)c1. The lowest BCUT2D eigenvalue weighted by molar-refractivity contribution is -0.130. The lowest BCUT2D eigenvalue weighted by atomic mass is 10.1. The van der Waals surface area contributed by atoms with Crippen LogP contribution in [0.15, 0.2) is 42.5 Å². The Morgan fingerprint density at radius 2 is 2.00 bits per heavy atom. The van der Waals surface area contributed by atoms with Crippen LogP contribution in [0.25, 0.3) is 0 Å². The van der Waals surface area contributed by atoms with Gasteiger partial charge in [0.25, 0.3) is 5.91 Å². The van der Waals surface area contributed by atoms with Crippen LogP contribution < -0.4 is 24.8 Å². The highest BCUT2D eigenvalue weighted by Crippen LogP contribution is 2.29. The Labute approximate surface area is 157 Å². The first kappa shape index (κ1) is 18.6. The summed E-state index contributed by atoms with van der Waals surface area (Å²) in [5.74, 6) is 1.41. The van der Waals surface area contributed by atoms with Crippen molar-refractivity contribution in [2.45, 2.75) is 18.9 Å². The molecular weight excluding hydrogens is 348 g/mol. The van der Waals surface area contributed by atoms with Crippen molar-refractivity contribution in [2.24, 2.45) is 0 Å². The largest absolute Gasteiger partial charge is 0.497 e. The average Bonchev–Trinajstić information content (AvgIpc) is 2.68. The molecule has 1 aliphatic rings. The molecule has 0 aromatic heterocycles. The number of methoxy groups -OCH3 is 2. The fraction of sp³-hybridized carbons (Fsp3) is 0.300. The molecule has 1 unspecified atom stereocenters. The summed E-state index contributed by atoms with van der Waals surface area (Å²) in [6.07, 6.45) is -0.283. The maximum Gasteiger partial charge on any atom is 0.266 e. The van der Waals surface area contributed by atoms with E-state index in [1.807, 2.05) is 24.3 Å². The molecule has 0 saturated carbocycles. The molecule has 0 spiro atoms. The summed E-state index contributed by atoms with van der Waals surface area (Å²) < 4.78 is 16.2. The molecule has 0 aliphatic carbocycles. The fourth-order valence-corrected chi connectivity index (χ4v) is 2.86. The zero-order chi connectivity index (χ0) is 19.2. The Kier molecular flexibility index (Phi) is 5.80. The number of carbonyl (C=O) groups is 2. The molecule has 7 heteroatoms. The number of para-hydroxylation sites is 2. The van der Waals surface area contributed by atoms with Crippen LogP contribution in [0, 0.1) is 0 Å². The lowest BCUT2D eigenvalue weighted by Crippen LogP contribution is -2.41. The molecule has 1 heterocycles. The fourth-order valence-electron chi connectivity index (χ4n) is 2.86. The van der Waals surface area contributed by atoms with Gasteiger partial charge in [-0.25, -0.2) is 0 Å². The van der Waals surface area contributed by atoms with Crippen LogP contribution in [0.4, 0.5) is 5.69 Å². The first-order valence-corrected chi connectivity index (χ1v) is 8.65. The maximum absolute atomic E-state index is 12.2. The molecule has 0 bridgehead atoms. The van der Waals surface area contributed by atoms with Gasteiger partial charge in [-0.1, -0.05) is 18.2 Å². The second kappa shape index (κ2) is 8.44. The predicted molar refractivity (Wildman–Crippen MR) is 100 cm³/mol. The van der Waals surface area contributed by atoms with Crippen molar-refractivity contribution in [3.05, 3.63) is 48.0 Å². The summed E-state index contributed by atoms with van der Waals surface area (Å²) in [5, 5.41) is 5.57. The number of nitrogens with one attached hydrogen (secondary N) is 2. The predicted octanol–water partition coefficient (Wildman–Crippen LogP) is 2.15. The minimum Gasteiger partial charge on any atom is -0.497 e. The molecule has 2 amide bonds. The topological polar surface area (TPSA) is 85.9 Å². The van der Waals surface area contributed by atoms with Gasteiger partial charge in [-0.05, 0) is 30.2 Å². The number of amides is 2. The van der Waals surface area contributed by atoms with Gasteiger partial charge in [-0.2, -0.15) is 0 Å². The highest BCUT2D eigenvalue weighted by molar-refractivity contribution is 5.99. The number of carbonyl (C=O) groups excluding carboxylic acids is 2. The number of rotatable bonds is 7. The molecule has 0 fully saturated rings. The third kappa shape index (κ3) is 4.49. The van der Waals surface area contributed by atoms with Crippen molar-refractivity contribution < 1.29 is 23.8 Å². The maximum atomic E-state index is 12.2. The number of benzene rings is 2. The van der Waals surface area contributed by atoms with E-state index in [9.17, 15) is 9.59 Å². The third-order valence-electron chi connectivity index (χ3n) is 4.29. The monoisotopic (exact) mass is 370 g/mol. The third-order valence-corrected chi connectivity index (χ3v) is 4.29. The number of hydrogen-bond acceptors (Lipinski definition) is 5. The Morgan fingerprint density at radius 1 is 1.19 bits per heavy atom. The van der Waals surface area contributed by atoms with Crippen LogP contribution in [-0.4, -0.2) is 38.7 Å². The van der Waals surface area contributed by atoms with Crippen molar-refractivity contribution in [3.63, 3.8) is 0 Å². The summed E-state index contributed by atoms with van der Waals surface area (Å²) in [4.78, 5) is 24.3. The summed E-state index contributed by atoms with van der Waals surface area (Å²) in [5.41, 5.74) is 1.57. The smallest absolute Gasteiger partial charge is 0.266 e. The molecule has 2 aromatic rings. The van der Waals surface area contributed by atoms with E-state index in [4.69, 9.17) is 14.2 Å². The molecule has 142 valence electrons. The Bertz CT molecular complexity index is 837. The molecule has 3 rings (SSSR count). The second-order valence-electron chi connectivity index (χ2n) is 6.07. The quantitative estimate of drug-likeness (QED) is 0.780. The summed E-state index contributed by atoms with van der Waals surface area (Å²) >= 11 is 0. The lowest BCUT2D eigenvalue weighted by Gasteiger charge is -2.25. The highest BCUT2D eigenvalue weighted by atomic mass is 16.5. The normalized spacial score (nSPS) is 15.2. The van der Waals surface area contributed by atoms with E-state index < -0.39 is 6.10 Å². The van der Waals surface area contributed by atoms with Crippen molar-refractivity contribution in [3.8, 4) is 17.2 Å². The summed E-state index contributed by atoms with van der Waals surface area (Å²) in [6.45, 7) is 0.423. The van der Waals surface area contributed by atoms with E-state index in [0.29, 0.717) is 35.9 Å². The summed E-state index contributed by atoms with van der Waals surface area (Å²) in [6, 6.07) is 12.7. The van der Waals surface area contributed by atoms with Gasteiger partial charge in [-0.15, -0.1) is 0 Å². The van der Waals surface area contributed by atoms with Crippen LogP contribution in [-0.2, 0) is 16.0 Å². The Hall–Kier alpha value is -3.22.